The second kappa shape index (κ2) is 10.3. The smallest absolute Gasteiger partial charge is 0.0361 e. The maximum atomic E-state index is 9.47. The molecule has 9 heavy (non-hydrogen) atoms. The number of halogens is 1. The largest absolute Gasteiger partial charge is 0.750 e. The van der Waals surface area contributed by atoms with E-state index < -0.39 is 15.4 Å². The van der Waals surface area contributed by atoms with Crippen LogP contribution in [0.25, 0.3) is 0 Å². The van der Waals surface area contributed by atoms with Crippen LogP contribution in [0.2, 0.25) is 0 Å². The van der Waals surface area contributed by atoms with Gasteiger partial charge < -0.3 is 25.4 Å². The Balaban J connectivity index is -0.000000180. The molecule has 0 aliphatic heterocycles. The van der Waals surface area contributed by atoms with Gasteiger partial charge in [0, 0.05) is 76.3 Å². The summed E-state index contributed by atoms with van der Waals surface area (Å²) in [6.07, 6.45) is 0. The Kier molecular flexibility index (Phi) is 20.0. The summed E-state index contributed by atoms with van der Waals surface area (Å²) < 4.78 is 21.2. The first kappa shape index (κ1) is 17.4. The molecule has 3 nitrogen and oxygen atoms in total. The molecule has 0 bridgehead atoms. The number of nitrogens with zero attached hydrogens (tertiary/aromatic N) is 1. The van der Waals surface area contributed by atoms with Gasteiger partial charge in [-0.25, -0.2) is 0 Å². The fourth-order valence-electron chi connectivity index (χ4n) is 0.0586. The average Bonchev–Trinajstić information content (AvgIpc) is 1.27. The zero-order valence-electron chi connectivity index (χ0n) is 4.11. The second-order valence-corrected chi connectivity index (χ2v) is 2.15. The van der Waals surface area contributed by atoms with Crippen LogP contribution in [0.5, 0.6) is 0 Å². The molecule has 0 amide bonds. The van der Waals surface area contributed by atoms with Crippen LogP contribution in [0.3, 0.4) is 0 Å². The summed E-state index contributed by atoms with van der Waals surface area (Å²) in [6, 6.07) is 0. The van der Waals surface area contributed by atoms with Crippen molar-refractivity contribution in [2.45, 2.75) is 0 Å². The van der Waals surface area contributed by atoms with E-state index in [0.717, 1.165) is 0 Å². The molecule has 0 rings (SSSR count). The Morgan fingerprint density at radius 2 is 1.78 bits per heavy atom. The minimum atomic E-state index is -2.49. The summed E-state index contributed by atoms with van der Waals surface area (Å²) in [5.41, 5.74) is 0. The minimum Gasteiger partial charge on any atom is -0.750 e. The summed E-state index contributed by atoms with van der Waals surface area (Å²) in [5, 5.41) is 0. The van der Waals surface area contributed by atoms with Crippen molar-refractivity contribution in [1.29, 1.82) is 0 Å². The molecule has 0 heterocycles. The Hall–Kier alpha value is 2.34. The van der Waals surface area contributed by atoms with Crippen LogP contribution in [0, 0.1) is 0 Å². The fraction of sp³-hybridized carbons (Fsp3) is 0. The molecule has 0 saturated carbocycles. The van der Waals surface area contributed by atoms with Crippen molar-refractivity contribution in [3.63, 3.8) is 0 Å². The van der Waals surface area contributed by atoms with E-state index in [4.69, 9.17) is 11.6 Å². The molecular formula is CClNO2S2Y2-2. The first-order valence-electron chi connectivity index (χ1n) is 1.13. The predicted molar refractivity (Wildman–Crippen MR) is 29.4 cm³/mol. The summed E-state index contributed by atoms with van der Waals surface area (Å²) in [5.74, 6) is 0. The zero-order valence-corrected chi connectivity index (χ0v) is 12.2. The quantitative estimate of drug-likeness (QED) is 0.395. The molecule has 0 aromatic carbocycles. The predicted octanol–water partition coefficient (Wildman–Crippen LogP) is 0.347. The first-order chi connectivity index (χ1) is 3.13. The molecule has 8 heteroatoms. The maximum absolute atomic E-state index is 9.47. The summed E-state index contributed by atoms with van der Waals surface area (Å²) in [4.78, 5) is 0. The maximum Gasteiger partial charge on any atom is 0.0361 e. The second-order valence-electron chi connectivity index (χ2n) is 0.561. The van der Waals surface area contributed by atoms with Gasteiger partial charge in [-0.1, -0.05) is 11.6 Å². The molecule has 48 valence electrons. The topological polar surface area (TPSA) is 46.5 Å². The normalized spacial score (nSPS) is 9.78. The average molecular weight is 335 g/mol. The van der Waals surface area contributed by atoms with Crippen molar-refractivity contribution in [1.82, 2.24) is 0 Å². The molecule has 0 aliphatic carbocycles. The van der Waals surface area contributed by atoms with E-state index in [2.05, 4.69) is 17.0 Å². The SMILES string of the molecule is O=[S-](=O)/N=C(\[S-])Cl.[Y].[Y]. The van der Waals surface area contributed by atoms with Crippen LogP contribution < -0.4 is 0 Å². The third kappa shape index (κ3) is 17.9. The van der Waals surface area contributed by atoms with Gasteiger partial charge in [0.1, 0.15) is 0 Å². The Bertz CT molecular complexity index is 145. The van der Waals surface area contributed by atoms with Crippen LogP contribution in [-0.4, -0.2) is 4.50 Å². The van der Waals surface area contributed by atoms with E-state index in [1.165, 1.54) is 0 Å². The van der Waals surface area contributed by atoms with Crippen LogP contribution >= 0.6 is 11.6 Å². The Labute approximate surface area is 116 Å². The molecule has 2 radical (unpaired) electrons. The van der Waals surface area contributed by atoms with E-state index in [1.54, 1.807) is 0 Å². The van der Waals surface area contributed by atoms with Gasteiger partial charge >= 0.3 is 0 Å². The molecule has 0 atom stereocenters. The molecule has 0 N–H and O–H groups in total. The molecule has 0 fully saturated rings. The molecular weight excluding hydrogens is 335 g/mol. The van der Waals surface area contributed by atoms with Crippen molar-refractivity contribution in [2.75, 3.05) is 0 Å². The van der Waals surface area contributed by atoms with Gasteiger partial charge in [0.15, 0.2) is 0 Å². The van der Waals surface area contributed by atoms with Crippen molar-refractivity contribution < 1.29 is 73.8 Å². The van der Waals surface area contributed by atoms with Crippen LogP contribution in [0.4, 0.5) is 0 Å². The van der Waals surface area contributed by atoms with E-state index in [9.17, 15) is 8.42 Å². The van der Waals surface area contributed by atoms with Crippen LogP contribution in [-0.2, 0) is 97.4 Å². The van der Waals surface area contributed by atoms with E-state index in [0.29, 0.717) is 0 Å². The molecule has 0 aliphatic rings. The van der Waals surface area contributed by atoms with Gasteiger partial charge in [0.25, 0.3) is 0 Å². The van der Waals surface area contributed by atoms with Gasteiger partial charge in [-0.3, -0.25) is 0 Å². The third-order valence-corrected chi connectivity index (χ3v) is 0.870. The Morgan fingerprint density at radius 3 is 1.78 bits per heavy atom. The van der Waals surface area contributed by atoms with Crippen LogP contribution in [0.1, 0.15) is 0 Å². The van der Waals surface area contributed by atoms with E-state index in [-0.39, 0.29) is 65.4 Å². The number of rotatable bonds is 1. The van der Waals surface area contributed by atoms with Gasteiger partial charge in [-0.2, -0.15) is 0 Å². The fourth-order valence-corrected chi connectivity index (χ4v) is 0.527. The third-order valence-electron chi connectivity index (χ3n) is 0.146. The first-order valence-corrected chi connectivity index (χ1v) is 2.95. The van der Waals surface area contributed by atoms with E-state index in [1.807, 2.05) is 0 Å². The molecule has 0 unspecified atom stereocenters. The minimum absolute atomic E-state index is 0. The standard InChI is InChI=1S/CHClNO2S2.2Y/c2-1(6)3-7(4)5;;/h(H,3,4,5,6);;/q-1;;/p-1. The number of hydrogen-bond donors (Lipinski definition) is 0. The van der Waals surface area contributed by atoms with Crippen molar-refractivity contribution in [3.05, 3.63) is 0 Å². The van der Waals surface area contributed by atoms with Crippen molar-refractivity contribution in [2.24, 2.45) is 4.40 Å². The summed E-state index contributed by atoms with van der Waals surface area (Å²) in [7, 11) is -2.49. The molecule has 0 aromatic heterocycles. The zero-order chi connectivity index (χ0) is 5.86. The van der Waals surface area contributed by atoms with Crippen LogP contribution in [0.15, 0.2) is 4.40 Å². The van der Waals surface area contributed by atoms with E-state index >= 15 is 0 Å². The van der Waals surface area contributed by atoms with Crippen molar-refractivity contribution >= 4 is 39.6 Å². The molecule has 0 aromatic rings. The van der Waals surface area contributed by atoms with Gasteiger partial charge in [0.2, 0.25) is 0 Å². The summed E-state index contributed by atoms with van der Waals surface area (Å²) >= 11 is 8.92. The summed E-state index contributed by atoms with van der Waals surface area (Å²) in [6.45, 7) is 0. The number of hydrogen-bond acceptors (Lipinski definition) is 4. The van der Waals surface area contributed by atoms with Gasteiger partial charge in [-0.05, 0) is 4.50 Å². The monoisotopic (exact) mass is 335 g/mol. The van der Waals surface area contributed by atoms with Gasteiger partial charge in [-0.15, -0.1) is 0 Å². The molecule has 0 saturated heterocycles. The molecule has 0 spiro atoms. The van der Waals surface area contributed by atoms with Gasteiger partial charge in [0.05, 0.1) is 0 Å². The van der Waals surface area contributed by atoms with Crippen molar-refractivity contribution in [3.8, 4) is 0 Å². The Morgan fingerprint density at radius 1 is 1.44 bits per heavy atom.